The van der Waals surface area contributed by atoms with Crippen LogP contribution in [0.15, 0.2) is 18.2 Å². The Morgan fingerprint density at radius 3 is 2.00 bits per heavy atom. The molecule has 0 saturated heterocycles. The number of hydrogen-bond donors (Lipinski definition) is 3. The first-order valence-electron chi connectivity index (χ1n) is 12.0. The second-order valence-electron chi connectivity index (χ2n) is 8.15. The highest BCUT2D eigenvalue weighted by molar-refractivity contribution is 5.62. The molecule has 0 bridgehead atoms. The van der Waals surface area contributed by atoms with E-state index in [4.69, 9.17) is 9.84 Å². The zero-order valence-electron chi connectivity index (χ0n) is 18.9. The number of hydrogen-bond acceptors (Lipinski definition) is 4. The molecule has 1 aromatic carbocycles. The quantitative estimate of drug-likeness (QED) is 0.170. The molecule has 0 saturated carbocycles. The zero-order valence-corrected chi connectivity index (χ0v) is 18.9. The van der Waals surface area contributed by atoms with Gasteiger partial charge in [-0.2, -0.15) is 0 Å². The first-order chi connectivity index (χ1) is 14.2. The van der Waals surface area contributed by atoms with Gasteiger partial charge in [0.05, 0.1) is 12.3 Å². The van der Waals surface area contributed by atoms with Gasteiger partial charge in [-0.05, 0) is 31.4 Å². The fourth-order valence-corrected chi connectivity index (χ4v) is 3.63. The number of aromatic hydroxyl groups is 1. The van der Waals surface area contributed by atoms with E-state index in [0.717, 1.165) is 12.8 Å². The van der Waals surface area contributed by atoms with Gasteiger partial charge in [-0.1, -0.05) is 90.5 Å². The molecule has 0 aliphatic carbocycles. The monoisotopic (exact) mass is 407 g/mol. The lowest BCUT2D eigenvalue weighted by atomic mass is 10.1. The molecule has 1 rings (SSSR count). The summed E-state index contributed by atoms with van der Waals surface area (Å²) >= 11 is 0. The summed E-state index contributed by atoms with van der Waals surface area (Å²) in [5, 5.41) is 22.9. The van der Waals surface area contributed by atoms with Crippen LogP contribution in [0.2, 0.25) is 0 Å². The number of phenolic OH excluding ortho intramolecular Hbond substituents is 1. The van der Waals surface area contributed by atoms with Crippen molar-refractivity contribution in [3.8, 4) is 11.5 Å². The van der Waals surface area contributed by atoms with Crippen molar-refractivity contribution < 1.29 is 14.9 Å². The molecule has 4 nitrogen and oxygen atoms in total. The second-order valence-corrected chi connectivity index (χ2v) is 8.15. The number of nitrogens with one attached hydrogen (secondary N) is 1. The minimum absolute atomic E-state index is 0.140. The van der Waals surface area contributed by atoms with E-state index in [-0.39, 0.29) is 18.4 Å². The van der Waals surface area contributed by atoms with E-state index in [2.05, 4.69) is 19.2 Å². The van der Waals surface area contributed by atoms with Crippen molar-refractivity contribution in [2.75, 3.05) is 18.5 Å². The number of aliphatic hydroxyl groups is 1. The van der Waals surface area contributed by atoms with Crippen LogP contribution in [0.4, 0.5) is 5.69 Å². The number of unbranched alkanes of at least 4 members (excludes halogenated alkanes) is 11. The molecule has 0 aliphatic heterocycles. The molecule has 0 heterocycles. The summed E-state index contributed by atoms with van der Waals surface area (Å²) in [4.78, 5) is 0. The summed E-state index contributed by atoms with van der Waals surface area (Å²) in [6.45, 7) is 5.12. The van der Waals surface area contributed by atoms with E-state index in [0.29, 0.717) is 24.5 Å². The molecule has 1 aromatic rings. The minimum Gasteiger partial charge on any atom is -0.503 e. The Hall–Kier alpha value is -1.42. The second kappa shape index (κ2) is 17.4. The Balaban J connectivity index is 2.12. The molecule has 0 aromatic heterocycles. The van der Waals surface area contributed by atoms with Gasteiger partial charge < -0.3 is 20.3 Å². The molecule has 1 unspecified atom stereocenters. The lowest BCUT2D eigenvalue weighted by molar-refractivity contribution is 0.277. The van der Waals surface area contributed by atoms with Crippen LogP contribution < -0.4 is 10.1 Å². The van der Waals surface area contributed by atoms with Crippen molar-refractivity contribution in [1.29, 1.82) is 0 Å². The topological polar surface area (TPSA) is 61.7 Å². The third-order valence-corrected chi connectivity index (χ3v) is 5.58. The van der Waals surface area contributed by atoms with Crippen molar-refractivity contribution in [1.82, 2.24) is 0 Å². The normalized spacial score (nSPS) is 12.1. The molecular formula is C25H45NO3. The van der Waals surface area contributed by atoms with Crippen molar-refractivity contribution in [2.45, 2.75) is 110 Å². The standard InChI is InChI=1S/C25H45NO3/c1-3-5-6-7-8-9-10-11-12-13-14-15-21-29-24-18-16-17-23(25(24)28)26-22(4-2)19-20-27/h16-18,22,26-28H,3-15,19-21H2,1-2H3. The third kappa shape index (κ3) is 12.0. The molecule has 1 atom stereocenters. The van der Waals surface area contributed by atoms with Gasteiger partial charge in [0.2, 0.25) is 0 Å². The van der Waals surface area contributed by atoms with Gasteiger partial charge in [0, 0.05) is 12.6 Å². The first-order valence-corrected chi connectivity index (χ1v) is 12.0. The molecule has 0 radical (unpaired) electrons. The minimum atomic E-state index is 0.140. The molecule has 3 N–H and O–H groups in total. The molecule has 0 amide bonds. The van der Waals surface area contributed by atoms with Gasteiger partial charge in [-0.3, -0.25) is 0 Å². The smallest absolute Gasteiger partial charge is 0.181 e. The number of anilines is 1. The van der Waals surface area contributed by atoms with Crippen LogP contribution in [0.5, 0.6) is 11.5 Å². The lowest BCUT2D eigenvalue weighted by Gasteiger charge is -2.19. The fourth-order valence-electron chi connectivity index (χ4n) is 3.63. The highest BCUT2D eigenvalue weighted by Crippen LogP contribution is 2.34. The maximum atomic E-state index is 10.4. The van der Waals surface area contributed by atoms with Crippen LogP contribution in [-0.2, 0) is 0 Å². The van der Waals surface area contributed by atoms with E-state index in [1.165, 1.54) is 70.6 Å². The van der Waals surface area contributed by atoms with E-state index in [1.807, 2.05) is 18.2 Å². The largest absolute Gasteiger partial charge is 0.503 e. The van der Waals surface area contributed by atoms with Crippen molar-refractivity contribution >= 4 is 5.69 Å². The van der Waals surface area contributed by atoms with Crippen LogP contribution in [0, 0.1) is 0 Å². The number of benzene rings is 1. The highest BCUT2D eigenvalue weighted by Gasteiger charge is 2.12. The van der Waals surface area contributed by atoms with Crippen molar-refractivity contribution in [3.05, 3.63) is 18.2 Å². The Morgan fingerprint density at radius 2 is 1.45 bits per heavy atom. The zero-order chi connectivity index (χ0) is 21.2. The fraction of sp³-hybridized carbons (Fsp3) is 0.760. The Bertz CT molecular complexity index is 507. The summed E-state index contributed by atoms with van der Waals surface area (Å²) in [6.07, 6.45) is 17.4. The summed E-state index contributed by atoms with van der Waals surface area (Å²) in [5.74, 6) is 0.708. The SMILES string of the molecule is CCCCCCCCCCCCCCOc1cccc(NC(CC)CCO)c1O. The summed E-state index contributed by atoms with van der Waals surface area (Å²) < 4.78 is 5.81. The van der Waals surface area contributed by atoms with E-state index in [1.54, 1.807) is 0 Å². The van der Waals surface area contributed by atoms with Crippen LogP contribution in [-0.4, -0.2) is 29.5 Å². The Morgan fingerprint density at radius 1 is 0.862 bits per heavy atom. The molecule has 29 heavy (non-hydrogen) atoms. The van der Waals surface area contributed by atoms with Crippen LogP contribution in [0.1, 0.15) is 104 Å². The van der Waals surface area contributed by atoms with Crippen molar-refractivity contribution in [2.24, 2.45) is 0 Å². The predicted molar refractivity (Wildman–Crippen MR) is 124 cm³/mol. The maximum absolute atomic E-state index is 10.4. The van der Waals surface area contributed by atoms with Gasteiger partial charge in [0.25, 0.3) is 0 Å². The molecule has 0 fully saturated rings. The van der Waals surface area contributed by atoms with Crippen LogP contribution in [0.3, 0.4) is 0 Å². The molecule has 4 heteroatoms. The average Bonchev–Trinajstić information content (AvgIpc) is 2.73. The van der Waals surface area contributed by atoms with E-state index in [9.17, 15) is 5.11 Å². The summed E-state index contributed by atoms with van der Waals surface area (Å²) in [7, 11) is 0. The van der Waals surface area contributed by atoms with Crippen LogP contribution in [0.25, 0.3) is 0 Å². The van der Waals surface area contributed by atoms with Gasteiger partial charge in [0.1, 0.15) is 0 Å². The number of aliphatic hydroxyl groups excluding tert-OH is 1. The van der Waals surface area contributed by atoms with Gasteiger partial charge in [-0.15, -0.1) is 0 Å². The van der Waals surface area contributed by atoms with Crippen LogP contribution >= 0.6 is 0 Å². The molecule has 0 aliphatic rings. The maximum Gasteiger partial charge on any atom is 0.181 e. The molecule has 0 spiro atoms. The molecular weight excluding hydrogens is 362 g/mol. The third-order valence-electron chi connectivity index (χ3n) is 5.58. The first kappa shape index (κ1) is 25.6. The highest BCUT2D eigenvalue weighted by atomic mass is 16.5. The molecule has 168 valence electrons. The average molecular weight is 408 g/mol. The Labute approximate surface area is 179 Å². The lowest BCUT2D eigenvalue weighted by Crippen LogP contribution is -2.19. The summed E-state index contributed by atoms with van der Waals surface area (Å²) in [5.41, 5.74) is 0.678. The number of phenols is 1. The van der Waals surface area contributed by atoms with E-state index < -0.39 is 0 Å². The van der Waals surface area contributed by atoms with Gasteiger partial charge in [-0.25, -0.2) is 0 Å². The predicted octanol–water partition coefficient (Wildman–Crippen LogP) is 7.05. The van der Waals surface area contributed by atoms with Crippen molar-refractivity contribution in [3.63, 3.8) is 0 Å². The number of ether oxygens (including phenoxy) is 1. The number of para-hydroxylation sites is 1. The number of rotatable bonds is 19. The van der Waals surface area contributed by atoms with Gasteiger partial charge in [0.15, 0.2) is 11.5 Å². The van der Waals surface area contributed by atoms with E-state index >= 15 is 0 Å². The Kier molecular flexibility index (Phi) is 15.4. The van der Waals surface area contributed by atoms with Gasteiger partial charge >= 0.3 is 0 Å². The summed E-state index contributed by atoms with van der Waals surface area (Å²) in [6, 6.07) is 5.71.